The van der Waals surface area contributed by atoms with Crippen LogP contribution in [0.2, 0.25) is 0 Å². The molecule has 4 aliphatic heterocycles. The summed E-state index contributed by atoms with van der Waals surface area (Å²) in [6.45, 7) is 12.2. The second-order valence-corrected chi connectivity index (χ2v) is 30.4. The highest BCUT2D eigenvalue weighted by atomic mass is 127. The SMILES string of the molecule is CCN(C(C)=O)[C@H]1CO[C@@H](O[C@H]2[C@H](O[C@H]3C#C/C=C\C#C[C@]4(O)CC(=O)C(NC(=O)OC)=C3/C4=C/CSSC(C)(C)CC(=O)N/N=C(\C)c3ccc(OCCCC(=O)O)cc3)O[C@H](O)[C@@H](NO[C@H]3C[C@H](O)[C@H](SC(=O)c4ccc(O[C@@H]5O[C@H](C)[C@H](O)[C@@H](O)[C@H]5O)c(I)c4)[C@@H](C)O3)[C@H]2O)C[C@@H]1OC. The number of carboxylic acids is 1. The number of nitrogens with one attached hydrogen (secondary N) is 3. The van der Waals surface area contributed by atoms with Crippen LogP contribution in [-0.2, 0) is 61.9 Å². The van der Waals surface area contributed by atoms with Crippen molar-refractivity contribution in [1.82, 2.24) is 21.1 Å². The average molecular weight is 1600 g/mol. The van der Waals surface area contributed by atoms with Crippen molar-refractivity contribution in [2.24, 2.45) is 5.10 Å². The largest absolute Gasteiger partial charge is 0.494 e. The van der Waals surface area contributed by atoms with Crippen molar-refractivity contribution in [2.75, 3.05) is 39.7 Å². The number of methoxy groups -OCH3 is 2. The van der Waals surface area contributed by atoms with E-state index in [1.807, 2.05) is 36.4 Å². The van der Waals surface area contributed by atoms with Crippen LogP contribution in [0.25, 0.3) is 0 Å². The van der Waals surface area contributed by atoms with Crippen molar-refractivity contribution in [3.05, 3.63) is 92.2 Å². The van der Waals surface area contributed by atoms with Gasteiger partial charge in [-0.15, -0.1) is 0 Å². The van der Waals surface area contributed by atoms with E-state index in [1.165, 1.54) is 72.9 Å². The van der Waals surface area contributed by atoms with Crippen molar-refractivity contribution in [1.29, 1.82) is 0 Å². The molecule has 0 radical (unpaired) electrons. The molecule has 3 amide bonds. The number of carbonyl (C=O) groups excluding carboxylic acids is 5. The molecule has 2 bridgehead atoms. The topological polar surface area (TPSA) is 417 Å². The molecule has 2 aliphatic carbocycles. The van der Waals surface area contributed by atoms with Crippen molar-refractivity contribution < 1.29 is 122 Å². The number of aliphatic carboxylic acids is 1. The third kappa shape index (κ3) is 21.5. The van der Waals surface area contributed by atoms with E-state index in [2.05, 4.69) is 45.0 Å². The minimum atomic E-state index is -2.27. The number of carboxylic acid groups (broad SMARTS) is 1. The number of ketones is 1. The number of halogens is 1. The highest BCUT2D eigenvalue weighted by Crippen LogP contribution is 2.43. The maximum absolute atomic E-state index is 14.4. The van der Waals surface area contributed by atoms with Crippen LogP contribution in [0.15, 0.2) is 82.6 Å². The van der Waals surface area contributed by atoms with Crippen LogP contribution in [0.5, 0.6) is 11.5 Å². The number of hydrogen-bond donors (Lipinski definition) is 11. The fourth-order valence-electron chi connectivity index (χ4n) is 11.8. The zero-order valence-electron chi connectivity index (χ0n) is 57.3. The number of hydroxylamine groups is 1. The zero-order valence-corrected chi connectivity index (χ0v) is 61.9. The van der Waals surface area contributed by atoms with Crippen LogP contribution < -0.4 is 25.7 Å². The van der Waals surface area contributed by atoms with Crippen LogP contribution in [0.4, 0.5) is 4.79 Å². The molecule has 34 heteroatoms. The Balaban J connectivity index is 0.993. The summed E-state index contributed by atoms with van der Waals surface area (Å²) >= 11 is 2.74. The Labute approximate surface area is 615 Å². The van der Waals surface area contributed by atoms with Gasteiger partial charge in [-0.05, 0) is 131 Å². The van der Waals surface area contributed by atoms with Crippen molar-refractivity contribution >= 4 is 96.4 Å². The zero-order chi connectivity index (χ0) is 74.3. The van der Waals surface area contributed by atoms with Crippen molar-refractivity contribution in [2.45, 2.75) is 207 Å². The summed E-state index contributed by atoms with van der Waals surface area (Å²) in [5.74, 6) is 9.69. The molecule has 0 saturated carbocycles. The summed E-state index contributed by atoms with van der Waals surface area (Å²) in [7, 11) is 5.11. The Morgan fingerprint density at radius 1 is 0.892 bits per heavy atom. The smallest absolute Gasteiger partial charge is 0.411 e. The fourth-order valence-corrected chi connectivity index (χ4v) is 15.8. The van der Waals surface area contributed by atoms with E-state index in [0.29, 0.717) is 33.6 Å². The van der Waals surface area contributed by atoms with Gasteiger partial charge in [0.1, 0.15) is 54.2 Å². The van der Waals surface area contributed by atoms with E-state index in [1.54, 1.807) is 56.0 Å². The van der Waals surface area contributed by atoms with Gasteiger partial charge in [0.25, 0.3) is 0 Å². The van der Waals surface area contributed by atoms with Crippen LogP contribution >= 0.6 is 55.9 Å². The molecule has 2 aromatic carbocycles. The summed E-state index contributed by atoms with van der Waals surface area (Å²) in [4.78, 5) is 85.8. The number of aliphatic hydroxyl groups excluding tert-OH is 6. The Morgan fingerprint density at radius 2 is 1.62 bits per heavy atom. The lowest BCUT2D eigenvalue weighted by Gasteiger charge is -2.46. The molecule has 30 nitrogen and oxygen atoms in total. The second kappa shape index (κ2) is 37.5. The fraction of sp³-hybridized carbons (Fsp3) is 0.574. The van der Waals surface area contributed by atoms with Gasteiger partial charge >= 0.3 is 12.1 Å². The molecule has 0 spiro atoms. The van der Waals surface area contributed by atoms with Gasteiger partial charge in [-0.2, -0.15) is 10.6 Å². The normalized spacial score (nSPS) is 31.8. The summed E-state index contributed by atoms with van der Waals surface area (Å²) in [5, 5.41) is 93.9. The highest BCUT2D eigenvalue weighted by molar-refractivity contribution is 14.1. The Morgan fingerprint density at radius 3 is 2.29 bits per heavy atom. The molecule has 2 aromatic rings. The molecule has 0 unspecified atom stereocenters. The van der Waals surface area contributed by atoms with Crippen LogP contribution in [0.3, 0.4) is 0 Å². The van der Waals surface area contributed by atoms with Crippen LogP contribution in [0, 0.1) is 27.3 Å². The number of allylic oxidation sites excluding steroid dienone is 3. The molecule has 4 saturated heterocycles. The summed E-state index contributed by atoms with van der Waals surface area (Å²) < 4.78 is 59.3. The number of amides is 3. The van der Waals surface area contributed by atoms with Gasteiger partial charge in [0, 0.05) is 73.5 Å². The molecular weight excluding hydrogens is 1510 g/mol. The maximum atomic E-state index is 14.4. The van der Waals surface area contributed by atoms with Gasteiger partial charge in [0.15, 0.2) is 36.5 Å². The molecule has 4 heterocycles. The van der Waals surface area contributed by atoms with Gasteiger partial charge in [-0.3, -0.25) is 34.1 Å². The molecule has 8 rings (SSSR count). The quantitative estimate of drug-likeness (QED) is 0.0146. The van der Waals surface area contributed by atoms with Gasteiger partial charge in [-0.1, -0.05) is 63.1 Å². The number of hydrazone groups is 1. The average Bonchev–Trinajstić information content (AvgIpc) is 0.750. The Hall–Kier alpha value is -5.79. The number of benzene rings is 2. The first kappa shape index (κ1) is 81.9. The number of likely N-dealkylation sites (N-methyl/N-ethyl adjacent to an activating group) is 1. The third-order valence-corrected chi connectivity index (χ3v) is 22.5. The number of fused-ring (bicyclic) bond motifs is 2. The van der Waals surface area contributed by atoms with E-state index in [4.69, 9.17) is 57.3 Å². The predicted molar refractivity (Wildman–Crippen MR) is 377 cm³/mol. The number of Topliss-reactive ketones (excluding diaryl/α,β-unsaturated/α-hetero) is 1. The number of carbonyl (C=O) groups is 6. The van der Waals surface area contributed by atoms with Gasteiger partial charge in [-0.25, -0.2) is 10.2 Å². The van der Waals surface area contributed by atoms with Gasteiger partial charge < -0.3 is 93.1 Å². The molecule has 0 aromatic heterocycles. The van der Waals surface area contributed by atoms with Crippen molar-refractivity contribution in [3.63, 3.8) is 0 Å². The molecule has 102 heavy (non-hydrogen) atoms. The molecule has 558 valence electrons. The summed E-state index contributed by atoms with van der Waals surface area (Å²) in [6.07, 6.45) is -18.6. The van der Waals surface area contributed by atoms with E-state index in [0.717, 1.165) is 18.9 Å². The number of rotatable bonds is 28. The van der Waals surface area contributed by atoms with E-state index in [9.17, 15) is 64.5 Å². The van der Waals surface area contributed by atoms with Gasteiger partial charge in [0.2, 0.25) is 23.2 Å². The molecule has 4 fully saturated rings. The maximum Gasteiger partial charge on any atom is 0.411 e. The van der Waals surface area contributed by atoms with Gasteiger partial charge in [0.05, 0.1) is 77.4 Å². The summed E-state index contributed by atoms with van der Waals surface area (Å²) in [6, 6.07) is 9.24. The molecule has 11 N–H and O–H groups in total. The van der Waals surface area contributed by atoms with E-state index in [-0.39, 0.29) is 73.0 Å². The Bertz CT molecular complexity index is 3570. The minimum absolute atomic E-state index is 0.00936. The number of thioether (sulfide) groups is 1. The molecular formula is C68H86IN5O25S3. The van der Waals surface area contributed by atoms with Crippen LogP contribution in [-0.4, -0.2) is 246 Å². The molecule has 6 aliphatic rings. The number of alkyl carbamates (subject to hydrolysis) is 1. The van der Waals surface area contributed by atoms with E-state index < -0.39 is 161 Å². The number of nitrogens with zero attached hydrogens (tertiary/aromatic N) is 2. The minimum Gasteiger partial charge on any atom is -0.494 e. The predicted octanol–water partition coefficient (Wildman–Crippen LogP) is 3.08. The summed E-state index contributed by atoms with van der Waals surface area (Å²) in [5.41, 5.74) is 3.71. The Kier molecular flexibility index (Phi) is 30.1. The first-order valence-electron chi connectivity index (χ1n) is 32.6. The number of hydrogen-bond acceptors (Lipinski definition) is 29. The van der Waals surface area contributed by atoms with Crippen LogP contribution in [0.1, 0.15) is 103 Å². The monoisotopic (exact) mass is 1600 g/mol. The lowest BCUT2D eigenvalue weighted by molar-refractivity contribution is -0.365. The lowest BCUT2D eigenvalue weighted by Crippen LogP contribution is -2.65. The van der Waals surface area contributed by atoms with E-state index >= 15 is 0 Å². The highest BCUT2D eigenvalue weighted by Gasteiger charge is 2.53. The standard InChI is InChI=1S/C68H86IN5O25S3/c1-10-74(37(5)75)43-33-92-51(30-48(43)89-8)97-60-57(82)55(73-99-52-29-44(76)61(36(4)93-52)101-63(86)39-20-23-46(42(69)28-39)95-64-59(84)58(83)56(81)35(3)94-64)62(85)98-65(60)96-47-16-13-11-12-14-25-68(88)31-45(77)54(70-66(87)90-9)53(47)41(68)24-27-100-102-67(6,7)32-49(78)72-71-34(2)38-18-21-40(22-19-38)91-26-15-17-50(79)80/h11-12,18-24,28,35-36,43-44,47-48,51-52,55-62,64-65,73,76,81-85,88H,10,15,17,26-27,29-33H2,1-9H3,(H,70,87)(H,72,78)(H,79,80)/b12-11-,41-24-,71-34+/t35-,36-,43+,44+,47+,48+,51+,52+,55+,56+,57-,58-,59-,60-,61-,62+,64+,65-,68+/m1/s1. The first-order valence-corrected chi connectivity index (χ1v) is 36.9. The lowest BCUT2D eigenvalue weighted by atomic mass is 9.75. The molecule has 19 atom stereocenters. The number of ether oxygens (including phenoxy) is 10. The number of aliphatic hydroxyl groups is 7. The van der Waals surface area contributed by atoms with Crippen molar-refractivity contribution in [3.8, 4) is 35.2 Å². The third-order valence-electron chi connectivity index (χ3n) is 17.1. The first-order chi connectivity index (χ1) is 48.4. The second-order valence-electron chi connectivity index (χ2n) is 25.1.